The van der Waals surface area contributed by atoms with Crippen molar-refractivity contribution in [3.8, 4) is 28.5 Å². The second-order valence-electron chi connectivity index (χ2n) is 7.61. The van der Waals surface area contributed by atoms with E-state index in [9.17, 15) is 0 Å². The highest BCUT2D eigenvalue weighted by molar-refractivity contribution is 5.80. The maximum absolute atomic E-state index is 5.94. The molecule has 0 atom stereocenters. The summed E-state index contributed by atoms with van der Waals surface area (Å²) in [7, 11) is 0. The average molecular weight is 425 g/mol. The van der Waals surface area contributed by atoms with E-state index in [4.69, 9.17) is 9.72 Å². The summed E-state index contributed by atoms with van der Waals surface area (Å²) in [6, 6.07) is 19.1. The van der Waals surface area contributed by atoms with Crippen LogP contribution in [-0.4, -0.2) is 41.8 Å². The van der Waals surface area contributed by atoms with Crippen LogP contribution in [0.15, 0.2) is 60.8 Å². The molecule has 3 aromatic heterocycles. The molecule has 0 saturated heterocycles. The van der Waals surface area contributed by atoms with Crippen molar-refractivity contribution in [2.24, 2.45) is 0 Å². The molecule has 32 heavy (non-hydrogen) atoms. The van der Waals surface area contributed by atoms with Crippen molar-refractivity contribution in [2.75, 3.05) is 6.61 Å². The molecule has 8 heteroatoms. The summed E-state index contributed by atoms with van der Waals surface area (Å²) in [5.74, 6) is 0.578. The molecule has 0 aliphatic heterocycles. The van der Waals surface area contributed by atoms with E-state index < -0.39 is 0 Å². The van der Waals surface area contributed by atoms with Crippen LogP contribution in [0.25, 0.3) is 33.7 Å². The summed E-state index contributed by atoms with van der Waals surface area (Å²) in [6.07, 6.45) is 2.74. The molecule has 0 unspecified atom stereocenters. The Morgan fingerprint density at radius 3 is 2.56 bits per heavy atom. The van der Waals surface area contributed by atoms with Crippen molar-refractivity contribution in [1.82, 2.24) is 35.2 Å². The van der Waals surface area contributed by atoms with Gasteiger partial charge in [-0.15, -0.1) is 10.2 Å². The largest absolute Gasteiger partial charge is 0.465 e. The monoisotopic (exact) mass is 425 g/mol. The van der Waals surface area contributed by atoms with Crippen LogP contribution in [0.3, 0.4) is 0 Å². The van der Waals surface area contributed by atoms with Crippen LogP contribution >= 0.6 is 0 Å². The SMILES string of the molecule is CCCOc1nc2c(C)ccnc2n1Cc1ccc(-c2ccccc2-c2nn[nH]n2)cc1. The van der Waals surface area contributed by atoms with Crippen LogP contribution in [0.2, 0.25) is 0 Å². The van der Waals surface area contributed by atoms with Crippen molar-refractivity contribution < 1.29 is 4.74 Å². The number of hydrogen-bond donors (Lipinski definition) is 1. The minimum atomic E-state index is 0.578. The van der Waals surface area contributed by atoms with Gasteiger partial charge in [0.1, 0.15) is 5.52 Å². The fourth-order valence-electron chi connectivity index (χ4n) is 3.74. The van der Waals surface area contributed by atoms with Gasteiger partial charge in [0.2, 0.25) is 5.82 Å². The smallest absolute Gasteiger partial charge is 0.298 e. The van der Waals surface area contributed by atoms with Crippen LogP contribution in [0, 0.1) is 6.92 Å². The number of fused-ring (bicyclic) bond motifs is 1. The van der Waals surface area contributed by atoms with Crippen LogP contribution in [-0.2, 0) is 6.54 Å². The van der Waals surface area contributed by atoms with E-state index in [-0.39, 0.29) is 0 Å². The van der Waals surface area contributed by atoms with Gasteiger partial charge in [-0.1, -0.05) is 55.5 Å². The molecular formula is C24H23N7O. The first-order chi connectivity index (χ1) is 15.7. The van der Waals surface area contributed by atoms with E-state index in [0.717, 1.165) is 45.4 Å². The topological polar surface area (TPSA) is 94.4 Å². The Kier molecular flexibility index (Phi) is 5.33. The number of rotatable bonds is 7. The van der Waals surface area contributed by atoms with Crippen molar-refractivity contribution >= 4 is 11.2 Å². The van der Waals surface area contributed by atoms with Crippen LogP contribution < -0.4 is 4.74 Å². The third-order valence-corrected chi connectivity index (χ3v) is 5.35. The number of aromatic amines is 1. The first-order valence-corrected chi connectivity index (χ1v) is 10.6. The first-order valence-electron chi connectivity index (χ1n) is 10.6. The Bertz CT molecular complexity index is 1340. The summed E-state index contributed by atoms with van der Waals surface area (Å²) in [5, 5.41) is 14.5. The average Bonchev–Trinajstić information content (AvgIpc) is 3.48. The van der Waals surface area contributed by atoms with Gasteiger partial charge in [0.25, 0.3) is 6.01 Å². The number of benzene rings is 2. The zero-order valence-corrected chi connectivity index (χ0v) is 18.0. The predicted molar refractivity (Wildman–Crippen MR) is 122 cm³/mol. The molecule has 0 spiro atoms. The Morgan fingerprint density at radius 2 is 1.81 bits per heavy atom. The molecule has 8 nitrogen and oxygen atoms in total. The number of imidazole rings is 1. The normalized spacial score (nSPS) is 11.2. The molecule has 1 N–H and O–H groups in total. The second kappa shape index (κ2) is 8.58. The zero-order chi connectivity index (χ0) is 21.9. The maximum atomic E-state index is 5.94. The highest BCUT2D eigenvalue weighted by atomic mass is 16.5. The summed E-state index contributed by atoms with van der Waals surface area (Å²) in [4.78, 5) is 9.28. The van der Waals surface area contributed by atoms with Crippen molar-refractivity contribution in [2.45, 2.75) is 26.8 Å². The highest BCUT2D eigenvalue weighted by Gasteiger charge is 2.16. The van der Waals surface area contributed by atoms with E-state index in [1.807, 2.05) is 42.0 Å². The van der Waals surface area contributed by atoms with E-state index >= 15 is 0 Å². The molecule has 0 fully saturated rings. The van der Waals surface area contributed by atoms with Gasteiger partial charge in [-0.25, -0.2) is 4.98 Å². The summed E-state index contributed by atoms with van der Waals surface area (Å²) in [5.41, 5.74) is 7.01. The maximum Gasteiger partial charge on any atom is 0.298 e. The molecular weight excluding hydrogens is 402 g/mol. The lowest BCUT2D eigenvalue weighted by atomic mass is 9.98. The molecule has 0 aliphatic carbocycles. The van der Waals surface area contributed by atoms with Crippen LogP contribution in [0.5, 0.6) is 6.01 Å². The van der Waals surface area contributed by atoms with E-state index in [0.29, 0.717) is 25.0 Å². The van der Waals surface area contributed by atoms with Crippen LogP contribution in [0.1, 0.15) is 24.5 Å². The summed E-state index contributed by atoms with van der Waals surface area (Å²) >= 11 is 0. The number of H-pyrrole nitrogens is 1. The second-order valence-corrected chi connectivity index (χ2v) is 7.61. The minimum absolute atomic E-state index is 0.578. The Labute approximate surface area is 185 Å². The fourth-order valence-corrected chi connectivity index (χ4v) is 3.74. The summed E-state index contributed by atoms with van der Waals surface area (Å²) in [6.45, 7) is 5.37. The Hall–Kier alpha value is -4.07. The van der Waals surface area contributed by atoms with Crippen molar-refractivity contribution in [3.63, 3.8) is 0 Å². The molecule has 160 valence electrons. The highest BCUT2D eigenvalue weighted by Crippen LogP contribution is 2.30. The van der Waals surface area contributed by atoms with Crippen LogP contribution in [0.4, 0.5) is 0 Å². The fraction of sp³-hybridized carbons (Fsp3) is 0.208. The predicted octanol–water partition coefficient (Wildman–Crippen LogP) is 4.42. The molecule has 0 bridgehead atoms. The van der Waals surface area contributed by atoms with E-state index in [1.54, 1.807) is 0 Å². The Morgan fingerprint density at radius 1 is 1.00 bits per heavy atom. The number of ether oxygens (including phenoxy) is 1. The minimum Gasteiger partial charge on any atom is -0.465 e. The molecule has 0 amide bonds. The zero-order valence-electron chi connectivity index (χ0n) is 18.0. The van der Waals surface area contributed by atoms with Gasteiger partial charge < -0.3 is 4.74 Å². The van der Waals surface area contributed by atoms with Gasteiger partial charge in [-0.05, 0) is 46.9 Å². The van der Waals surface area contributed by atoms with Gasteiger partial charge in [-0.3, -0.25) is 4.57 Å². The molecule has 0 radical (unpaired) electrons. The third kappa shape index (κ3) is 3.71. The molecule has 0 aliphatic rings. The Balaban J connectivity index is 1.48. The lowest BCUT2D eigenvalue weighted by Crippen LogP contribution is -2.06. The molecule has 5 rings (SSSR count). The van der Waals surface area contributed by atoms with E-state index in [1.165, 1.54) is 0 Å². The lowest BCUT2D eigenvalue weighted by Gasteiger charge is -2.11. The van der Waals surface area contributed by atoms with E-state index in [2.05, 4.69) is 62.9 Å². The van der Waals surface area contributed by atoms with Gasteiger partial charge in [0.15, 0.2) is 5.65 Å². The number of hydrogen-bond acceptors (Lipinski definition) is 6. The molecule has 2 aromatic carbocycles. The quantitative estimate of drug-likeness (QED) is 0.415. The number of pyridine rings is 1. The summed E-state index contributed by atoms with van der Waals surface area (Å²) < 4.78 is 7.98. The third-order valence-electron chi connectivity index (χ3n) is 5.35. The lowest BCUT2D eigenvalue weighted by molar-refractivity contribution is 0.282. The van der Waals surface area contributed by atoms with Crippen molar-refractivity contribution in [3.05, 3.63) is 71.9 Å². The van der Waals surface area contributed by atoms with Gasteiger partial charge in [0.05, 0.1) is 13.2 Å². The number of aromatic nitrogens is 7. The van der Waals surface area contributed by atoms with Crippen molar-refractivity contribution in [1.29, 1.82) is 0 Å². The van der Waals surface area contributed by atoms with Gasteiger partial charge >= 0.3 is 0 Å². The molecule has 3 heterocycles. The molecule has 5 aromatic rings. The first kappa shape index (κ1) is 19.9. The molecule has 0 saturated carbocycles. The number of nitrogens with one attached hydrogen (secondary N) is 1. The number of aryl methyl sites for hydroxylation is 1. The standard InChI is InChI=1S/C24H23N7O/c1-3-14-32-24-26-21-16(2)12-13-25-23(21)31(24)15-17-8-10-18(11-9-17)19-6-4-5-7-20(19)22-27-29-30-28-22/h4-13H,3,14-15H2,1-2H3,(H,27,28,29,30). The number of tetrazole rings is 1. The van der Waals surface area contributed by atoms with Gasteiger partial charge in [0, 0.05) is 11.8 Å². The number of nitrogens with zero attached hydrogens (tertiary/aromatic N) is 6. The van der Waals surface area contributed by atoms with Gasteiger partial charge in [-0.2, -0.15) is 10.2 Å².